The zero-order chi connectivity index (χ0) is 9.19. The summed E-state index contributed by atoms with van der Waals surface area (Å²) >= 11 is 0. The SMILES string of the molecule is CC1CCCCC1CS(=O)(=O)[O-].[Na+]. The molecule has 0 N–H and O–H groups in total. The summed E-state index contributed by atoms with van der Waals surface area (Å²) in [5, 5.41) is 0. The van der Waals surface area contributed by atoms with Crippen LogP contribution < -0.4 is 29.6 Å². The molecular formula is C8H15NaO3S. The summed E-state index contributed by atoms with van der Waals surface area (Å²) in [6, 6.07) is 0. The molecule has 0 radical (unpaired) electrons. The van der Waals surface area contributed by atoms with Crippen LogP contribution in [0.2, 0.25) is 0 Å². The van der Waals surface area contributed by atoms with Crippen LogP contribution in [-0.2, 0) is 10.1 Å². The van der Waals surface area contributed by atoms with Crippen LogP contribution in [0.5, 0.6) is 0 Å². The van der Waals surface area contributed by atoms with Crippen LogP contribution in [0.4, 0.5) is 0 Å². The molecule has 72 valence electrons. The summed E-state index contributed by atoms with van der Waals surface area (Å²) in [5.41, 5.74) is 0. The third kappa shape index (κ3) is 5.37. The maximum Gasteiger partial charge on any atom is 1.00 e. The first-order valence-corrected chi connectivity index (χ1v) is 6.00. The van der Waals surface area contributed by atoms with E-state index in [1.54, 1.807) is 0 Å². The third-order valence-electron chi connectivity index (χ3n) is 2.71. The molecule has 0 aromatic rings. The van der Waals surface area contributed by atoms with Crippen LogP contribution in [-0.4, -0.2) is 18.7 Å². The van der Waals surface area contributed by atoms with Crippen LogP contribution in [0, 0.1) is 11.8 Å². The van der Waals surface area contributed by atoms with E-state index in [2.05, 4.69) is 0 Å². The van der Waals surface area contributed by atoms with Crippen molar-refractivity contribution in [1.29, 1.82) is 0 Å². The van der Waals surface area contributed by atoms with Gasteiger partial charge < -0.3 is 4.55 Å². The Bertz CT molecular complexity index is 238. The van der Waals surface area contributed by atoms with Crippen molar-refractivity contribution >= 4 is 10.1 Å². The van der Waals surface area contributed by atoms with Gasteiger partial charge in [-0.05, 0) is 18.3 Å². The van der Waals surface area contributed by atoms with Crippen molar-refractivity contribution in [3.63, 3.8) is 0 Å². The molecule has 2 atom stereocenters. The van der Waals surface area contributed by atoms with E-state index in [1.807, 2.05) is 6.92 Å². The fourth-order valence-electron chi connectivity index (χ4n) is 1.90. The van der Waals surface area contributed by atoms with Crippen molar-refractivity contribution in [2.45, 2.75) is 32.6 Å². The molecule has 0 bridgehead atoms. The Labute approximate surface area is 102 Å². The molecule has 0 aliphatic heterocycles. The standard InChI is InChI=1S/C8H16O3S.Na/c1-7-4-2-3-5-8(7)6-12(9,10)11;/h7-8H,2-6H2,1H3,(H,9,10,11);/q;+1/p-1. The Balaban J connectivity index is 0.00000144. The molecule has 0 spiro atoms. The first-order valence-electron chi connectivity index (χ1n) is 4.42. The molecule has 1 aliphatic carbocycles. The largest absolute Gasteiger partial charge is 1.00 e. The molecule has 0 aromatic heterocycles. The molecule has 1 rings (SSSR count). The van der Waals surface area contributed by atoms with Gasteiger partial charge in [-0.3, -0.25) is 0 Å². The minimum absolute atomic E-state index is 0. The van der Waals surface area contributed by atoms with E-state index in [-0.39, 0.29) is 41.2 Å². The summed E-state index contributed by atoms with van der Waals surface area (Å²) in [6.45, 7) is 2.04. The molecule has 1 saturated carbocycles. The molecule has 3 nitrogen and oxygen atoms in total. The quantitative estimate of drug-likeness (QED) is 0.409. The Kier molecular flexibility index (Phi) is 6.11. The molecule has 0 saturated heterocycles. The molecule has 5 heteroatoms. The van der Waals surface area contributed by atoms with Crippen molar-refractivity contribution in [1.82, 2.24) is 0 Å². The van der Waals surface area contributed by atoms with Gasteiger partial charge in [0.05, 0.1) is 10.1 Å². The Morgan fingerprint density at radius 1 is 1.31 bits per heavy atom. The van der Waals surface area contributed by atoms with E-state index < -0.39 is 10.1 Å². The summed E-state index contributed by atoms with van der Waals surface area (Å²) in [7, 11) is -4.01. The number of hydrogen-bond donors (Lipinski definition) is 0. The van der Waals surface area contributed by atoms with Gasteiger partial charge in [0.2, 0.25) is 0 Å². The molecule has 13 heavy (non-hydrogen) atoms. The molecule has 0 heterocycles. The van der Waals surface area contributed by atoms with Gasteiger partial charge in [0, 0.05) is 5.75 Å². The molecule has 0 amide bonds. The fourth-order valence-corrected chi connectivity index (χ4v) is 2.92. The van der Waals surface area contributed by atoms with Crippen LogP contribution >= 0.6 is 0 Å². The Morgan fingerprint density at radius 3 is 2.31 bits per heavy atom. The van der Waals surface area contributed by atoms with E-state index in [0.717, 1.165) is 19.3 Å². The van der Waals surface area contributed by atoms with Crippen LogP contribution in [0.1, 0.15) is 32.6 Å². The number of rotatable bonds is 2. The average molecular weight is 214 g/mol. The molecule has 1 aliphatic rings. The molecule has 1 fully saturated rings. The first-order chi connectivity index (χ1) is 5.49. The van der Waals surface area contributed by atoms with Gasteiger partial charge in [-0.25, -0.2) is 8.42 Å². The van der Waals surface area contributed by atoms with E-state index >= 15 is 0 Å². The van der Waals surface area contributed by atoms with E-state index in [4.69, 9.17) is 0 Å². The minimum atomic E-state index is -4.01. The summed E-state index contributed by atoms with van der Waals surface area (Å²) in [4.78, 5) is 0. The van der Waals surface area contributed by atoms with Gasteiger partial charge in [-0.2, -0.15) is 0 Å². The van der Waals surface area contributed by atoms with E-state index in [1.165, 1.54) is 6.42 Å². The Hall–Kier alpha value is 0.910. The second-order valence-corrected chi connectivity index (χ2v) is 5.19. The summed E-state index contributed by atoms with van der Waals surface area (Å²) in [6.07, 6.45) is 4.23. The normalized spacial score (nSPS) is 29.4. The topological polar surface area (TPSA) is 57.2 Å². The summed E-state index contributed by atoms with van der Waals surface area (Å²) < 4.78 is 31.5. The first kappa shape index (κ1) is 13.9. The van der Waals surface area contributed by atoms with Crippen molar-refractivity contribution in [3.05, 3.63) is 0 Å². The fraction of sp³-hybridized carbons (Fsp3) is 1.00. The van der Waals surface area contributed by atoms with Gasteiger partial charge in [-0.15, -0.1) is 0 Å². The predicted octanol–water partition coefficient (Wildman–Crippen LogP) is -1.64. The monoisotopic (exact) mass is 214 g/mol. The Morgan fingerprint density at radius 2 is 1.85 bits per heavy atom. The number of hydrogen-bond acceptors (Lipinski definition) is 3. The smallest absolute Gasteiger partial charge is 0.748 e. The van der Waals surface area contributed by atoms with Crippen molar-refractivity contribution in [2.24, 2.45) is 11.8 Å². The zero-order valence-electron chi connectivity index (χ0n) is 8.32. The van der Waals surface area contributed by atoms with Gasteiger partial charge in [0.25, 0.3) is 0 Å². The van der Waals surface area contributed by atoms with Crippen LogP contribution in [0.15, 0.2) is 0 Å². The minimum Gasteiger partial charge on any atom is -0.748 e. The van der Waals surface area contributed by atoms with Gasteiger partial charge in [0.1, 0.15) is 0 Å². The maximum atomic E-state index is 10.5. The zero-order valence-corrected chi connectivity index (χ0v) is 11.1. The second-order valence-electron chi connectivity index (χ2n) is 3.75. The van der Waals surface area contributed by atoms with E-state index in [9.17, 15) is 13.0 Å². The van der Waals surface area contributed by atoms with Crippen molar-refractivity contribution in [2.75, 3.05) is 5.75 Å². The second kappa shape index (κ2) is 5.71. The van der Waals surface area contributed by atoms with Gasteiger partial charge in [-0.1, -0.05) is 26.2 Å². The average Bonchev–Trinajstić information content (AvgIpc) is 1.91. The molecule has 0 aromatic carbocycles. The third-order valence-corrected chi connectivity index (χ3v) is 3.54. The predicted molar refractivity (Wildman–Crippen MR) is 45.7 cm³/mol. The molecular weight excluding hydrogens is 199 g/mol. The molecule has 2 unspecified atom stereocenters. The van der Waals surface area contributed by atoms with Crippen molar-refractivity contribution < 1.29 is 42.5 Å². The van der Waals surface area contributed by atoms with Crippen LogP contribution in [0.25, 0.3) is 0 Å². The maximum absolute atomic E-state index is 10.5. The van der Waals surface area contributed by atoms with E-state index in [0.29, 0.717) is 5.92 Å². The summed E-state index contributed by atoms with van der Waals surface area (Å²) in [5.74, 6) is 0.359. The van der Waals surface area contributed by atoms with Crippen LogP contribution in [0.3, 0.4) is 0 Å². The van der Waals surface area contributed by atoms with Gasteiger partial charge in [0.15, 0.2) is 0 Å². The van der Waals surface area contributed by atoms with Gasteiger partial charge >= 0.3 is 29.6 Å². The van der Waals surface area contributed by atoms with Crippen molar-refractivity contribution in [3.8, 4) is 0 Å².